The summed E-state index contributed by atoms with van der Waals surface area (Å²) in [6.07, 6.45) is 2.05. The molecule has 0 saturated carbocycles. The highest BCUT2D eigenvalue weighted by molar-refractivity contribution is 6.32. The molecule has 0 fully saturated rings. The summed E-state index contributed by atoms with van der Waals surface area (Å²) in [5.74, 6) is 0. The van der Waals surface area contributed by atoms with E-state index in [0.717, 1.165) is 36.5 Å². The van der Waals surface area contributed by atoms with Gasteiger partial charge in [-0.2, -0.15) is 0 Å². The molecular formula is C17H20ClN. The van der Waals surface area contributed by atoms with Crippen LogP contribution >= 0.6 is 11.6 Å². The maximum absolute atomic E-state index is 6.27. The van der Waals surface area contributed by atoms with E-state index in [0.29, 0.717) is 0 Å². The van der Waals surface area contributed by atoms with Gasteiger partial charge in [0.05, 0.1) is 0 Å². The van der Waals surface area contributed by atoms with Gasteiger partial charge in [0.1, 0.15) is 0 Å². The van der Waals surface area contributed by atoms with Crippen molar-refractivity contribution in [1.29, 1.82) is 0 Å². The predicted octanol–water partition coefficient (Wildman–Crippen LogP) is 4.02. The molecule has 1 nitrogen and oxygen atoms in total. The van der Waals surface area contributed by atoms with E-state index in [1.54, 1.807) is 0 Å². The number of benzene rings is 2. The average Bonchev–Trinajstić information content (AvgIpc) is 2.44. The minimum Gasteiger partial charge on any atom is -0.316 e. The lowest BCUT2D eigenvalue weighted by atomic mass is 10.1. The summed E-state index contributed by atoms with van der Waals surface area (Å²) in [6.45, 7) is 4.03. The Hall–Kier alpha value is -1.31. The fraction of sp³-hybridized carbons (Fsp3) is 0.294. The minimum absolute atomic E-state index is 0.910. The molecule has 2 heteroatoms. The highest BCUT2D eigenvalue weighted by Gasteiger charge is 2.01. The van der Waals surface area contributed by atoms with E-state index in [9.17, 15) is 0 Å². The van der Waals surface area contributed by atoms with Gasteiger partial charge in [0.2, 0.25) is 0 Å². The van der Waals surface area contributed by atoms with Crippen LogP contribution in [0.1, 0.15) is 16.7 Å². The Morgan fingerprint density at radius 3 is 2.42 bits per heavy atom. The first-order chi connectivity index (χ1) is 9.27. The van der Waals surface area contributed by atoms with Gasteiger partial charge in [-0.15, -0.1) is 0 Å². The van der Waals surface area contributed by atoms with Crippen LogP contribution in [0.2, 0.25) is 5.02 Å². The summed E-state index contributed by atoms with van der Waals surface area (Å²) in [4.78, 5) is 0. The van der Waals surface area contributed by atoms with E-state index in [4.69, 9.17) is 11.6 Å². The Labute approximate surface area is 120 Å². The van der Waals surface area contributed by atoms with Crippen LogP contribution in [0.15, 0.2) is 48.5 Å². The van der Waals surface area contributed by atoms with Gasteiger partial charge in [0, 0.05) is 5.02 Å². The second-order valence-corrected chi connectivity index (χ2v) is 5.16. The third-order valence-corrected chi connectivity index (χ3v) is 3.82. The summed E-state index contributed by atoms with van der Waals surface area (Å²) < 4.78 is 0. The molecule has 0 spiro atoms. The second-order valence-electron chi connectivity index (χ2n) is 4.78. The van der Waals surface area contributed by atoms with Gasteiger partial charge in [-0.1, -0.05) is 60.1 Å². The molecule has 0 radical (unpaired) electrons. The summed E-state index contributed by atoms with van der Waals surface area (Å²) in [6, 6.07) is 16.8. The van der Waals surface area contributed by atoms with E-state index in [2.05, 4.69) is 60.8 Å². The normalized spacial score (nSPS) is 10.6. The molecule has 0 saturated heterocycles. The number of rotatable bonds is 6. The minimum atomic E-state index is 0.910. The molecule has 100 valence electrons. The third kappa shape index (κ3) is 4.38. The monoisotopic (exact) mass is 273 g/mol. The molecule has 19 heavy (non-hydrogen) atoms. The molecule has 0 bridgehead atoms. The smallest absolute Gasteiger partial charge is 0.0467 e. The van der Waals surface area contributed by atoms with Crippen molar-refractivity contribution in [3.63, 3.8) is 0 Å². The first-order valence-electron chi connectivity index (χ1n) is 6.76. The number of hydrogen-bond acceptors (Lipinski definition) is 1. The molecular weight excluding hydrogens is 254 g/mol. The van der Waals surface area contributed by atoms with Gasteiger partial charge < -0.3 is 5.32 Å². The molecule has 2 rings (SSSR count). The molecule has 2 aromatic carbocycles. The standard InChI is InChI=1S/C17H20ClN/c1-14-6-5-9-16(17(14)18)11-13-19-12-10-15-7-3-2-4-8-15/h2-9,19H,10-13H2,1H3. The van der Waals surface area contributed by atoms with Crippen molar-refractivity contribution in [2.45, 2.75) is 19.8 Å². The summed E-state index contributed by atoms with van der Waals surface area (Å²) >= 11 is 6.27. The van der Waals surface area contributed by atoms with Crippen molar-refractivity contribution in [1.82, 2.24) is 5.32 Å². The summed E-state index contributed by atoms with van der Waals surface area (Å²) in [5, 5.41) is 4.38. The molecule has 2 aromatic rings. The van der Waals surface area contributed by atoms with Gasteiger partial charge >= 0.3 is 0 Å². The summed E-state index contributed by atoms with van der Waals surface area (Å²) in [7, 11) is 0. The lowest BCUT2D eigenvalue weighted by molar-refractivity contribution is 0.681. The molecule has 0 heterocycles. The second kappa shape index (κ2) is 7.32. The van der Waals surface area contributed by atoms with Crippen molar-refractivity contribution < 1.29 is 0 Å². The van der Waals surface area contributed by atoms with Gasteiger partial charge in [-0.05, 0) is 49.5 Å². The zero-order valence-corrected chi connectivity index (χ0v) is 12.1. The van der Waals surface area contributed by atoms with E-state index in [-0.39, 0.29) is 0 Å². The lowest BCUT2D eigenvalue weighted by Crippen LogP contribution is -2.20. The Bertz CT molecular complexity index is 508. The predicted molar refractivity (Wildman–Crippen MR) is 82.9 cm³/mol. The van der Waals surface area contributed by atoms with Gasteiger partial charge in [0.25, 0.3) is 0 Å². The highest BCUT2D eigenvalue weighted by Crippen LogP contribution is 2.20. The van der Waals surface area contributed by atoms with Crippen molar-refractivity contribution in [2.24, 2.45) is 0 Å². The first-order valence-corrected chi connectivity index (χ1v) is 7.14. The molecule has 0 unspecified atom stereocenters. The van der Waals surface area contributed by atoms with Crippen LogP contribution in [0.3, 0.4) is 0 Å². The largest absolute Gasteiger partial charge is 0.316 e. The van der Waals surface area contributed by atoms with Gasteiger partial charge in [-0.25, -0.2) is 0 Å². The molecule has 0 amide bonds. The number of hydrogen-bond donors (Lipinski definition) is 1. The highest BCUT2D eigenvalue weighted by atomic mass is 35.5. The molecule has 1 N–H and O–H groups in total. The van der Waals surface area contributed by atoms with Crippen LogP contribution in [0.4, 0.5) is 0 Å². The van der Waals surface area contributed by atoms with Crippen molar-refractivity contribution >= 4 is 11.6 Å². The molecule has 0 aliphatic rings. The fourth-order valence-electron chi connectivity index (χ4n) is 2.13. The van der Waals surface area contributed by atoms with Crippen LogP contribution in [0.5, 0.6) is 0 Å². The number of aryl methyl sites for hydroxylation is 1. The number of halogens is 1. The van der Waals surface area contributed by atoms with E-state index >= 15 is 0 Å². The van der Waals surface area contributed by atoms with Gasteiger partial charge in [-0.3, -0.25) is 0 Å². The van der Waals surface area contributed by atoms with Crippen LogP contribution < -0.4 is 5.32 Å². The molecule has 0 aliphatic heterocycles. The average molecular weight is 274 g/mol. The fourth-order valence-corrected chi connectivity index (χ4v) is 2.35. The van der Waals surface area contributed by atoms with Crippen LogP contribution in [0.25, 0.3) is 0 Å². The molecule has 0 aliphatic carbocycles. The SMILES string of the molecule is Cc1cccc(CCNCCc2ccccc2)c1Cl. The third-order valence-electron chi connectivity index (χ3n) is 3.28. The molecule has 0 atom stereocenters. The maximum Gasteiger partial charge on any atom is 0.0467 e. The van der Waals surface area contributed by atoms with Crippen LogP contribution in [-0.2, 0) is 12.8 Å². The zero-order chi connectivity index (χ0) is 13.5. The van der Waals surface area contributed by atoms with Crippen LogP contribution in [0, 0.1) is 6.92 Å². The van der Waals surface area contributed by atoms with Crippen molar-refractivity contribution in [3.05, 3.63) is 70.2 Å². The van der Waals surface area contributed by atoms with Crippen molar-refractivity contribution in [2.75, 3.05) is 13.1 Å². The summed E-state index contributed by atoms with van der Waals surface area (Å²) in [5.41, 5.74) is 3.76. The van der Waals surface area contributed by atoms with Gasteiger partial charge in [0.15, 0.2) is 0 Å². The van der Waals surface area contributed by atoms with Crippen LogP contribution in [-0.4, -0.2) is 13.1 Å². The topological polar surface area (TPSA) is 12.0 Å². The molecule has 0 aromatic heterocycles. The Morgan fingerprint density at radius 2 is 1.63 bits per heavy atom. The first kappa shape index (κ1) is 14.1. The van der Waals surface area contributed by atoms with E-state index < -0.39 is 0 Å². The Balaban J connectivity index is 1.71. The Kier molecular flexibility index (Phi) is 5.44. The van der Waals surface area contributed by atoms with E-state index in [1.807, 2.05) is 0 Å². The zero-order valence-electron chi connectivity index (χ0n) is 11.3. The van der Waals surface area contributed by atoms with Crippen molar-refractivity contribution in [3.8, 4) is 0 Å². The number of nitrogens with one attached hydrogen (secondary N) is 1. The lowest BCUT2D eigenvalue weighted by Gasteiger charge is -2.08. The van der Waals surface area contributed by atoms with E-state index in [1.165, 1.54) is 11.1 Å². The Morgan fingerprint density at radius 1 is 0.895 bits per heavy atom. The quantitative estimate of drug-likeness (QED) is 0.784. The maximum atomic E-state index is 6.27.